The van der Waals surface area contributed by atoms with Gasteiger partial charge in [-0.25, -0.2) is 14.8 Å². The lowest BCUT2D eigenvalue weighted by atomic mass is 10.1. The van der Waals surface area contributed by atoms with E-state index in [9.17, 15) is 14.9 Å². The number of benzene rings is 1. The van der Waals surface area contributed by atoms with E-state index >= 15 is 0 Å². The van der Waals surface area contributed by atoms with Gasteiger partial charge >= 0.3 is 11.7 Å². The van der Waals surface area contributed by atoms with E-state index in [1.807, 2.05) is 4.90 Å². The van der Waals surface area contributed by atoms with E-state index in [0.29, 0.717) is 17.1 Å². The Morgan fingerprint density at radius 3 is 2.50 bits per heavy atom. The third-order valence-corrected chi connectivity index (χ3v) is 4.86. The number of rotatable bonds is 5. The fourth-order valence-corrected chi connectivity index (χ4v) is 3.45. The number of methoxy groups -OCH3 is 1. The minimum absolute atomic E-state index is 0.135. The summed E-state index contributed by atoms with van der Waals surface area (Å²) in [6.07, 6.45) is 5.48. The van der Waals surface area contributed by atoms with E-state index in [1.165, 1.54) is 18.3 Å². The first-order valence-electron chi connectivity index (χ1n) is 9.20. The quantitative estimate of drug-likeness (QED) is 0.439. The number of hydrogen-bond acceptors (Lipinski definition) is 8. The van der Waals surface area contributed by atoms with Crippen molar-refractivity contribution < 1.29 is 14.5 Å². The lowest BCUT2D eigenvalue weighted by Gasteiger charge is -2.24. The summed E-state index contributed by atoms with van der Waals surface area (Å²) in [7, 11) is 2.94. The van der Waals surface area contributed by atoms with Gasteiger partial charge in [-0.1, -0.05) is 25.0 Å². The van der Waals surface area contributed by atoms with Gasteiger partial charge in [0.1, 0.15) is 6.33 Å². The van der Waals surface area contributed by atoms with Crippen LogP contribution in [0.15, 0.2) is 30.6 Å². The first-order valence-corrected chi connectivity index (χ1v) is 9.20. The monoisotopic (exact) mass is 385 g/mol. The molecule has 0 N–H and O–H groups in total. The first-order chi connectivity index (χ1) is 13.5. The molecule has 1 saturated heterocycles. The Morgan fingerprint density at radius 1 is 1.18 bits per heavy atom. The highest BCUT2D eigenvalue weighted by atomic mass is 16.6. The van der Waals surface area contributed by atoms with Gasteiger partial charge in [-0.05, 0) is 25.0 Å². The van der Waals surface area contributed by atoms with Gasteiger partial charge in [0.15, 0.2) is 0 Å². The van der Waals surface area contributed by atoms with Crippen molar-refractivity contribution in [3.63, 3.8) is 0 Å². The molecule has 3 rings (SSSR count). The lowest BCUT2D eigenvalue weighted by Crippen LogP contribution is -2.27. The molecule has 28 heavy (non-hydrogen) atoms. The average molecular weight is 385 g/mol. The van der Waals surface area contributed by atoms with Gasteiger partial charge in [0, 0.05) is 20.1 Å². The maximum atomic E-state index is 12.1. The van der Waals surface area contributed by atoms with Crippen molar-refractivity contribution in [1.29, 1.82) is 0 Å². The highest BCUT2D eigenvalue weighted by Gasteiger charge is 2.30. The molecule has 0 spiro atoms. The number of para-hydroxylation sites is 1. The van der Waals surface area contributed by atoms with Crippen molar-refractivity contribution in [2.45, 2.75) is 25.7 Å². The smallest absolute Gasteiger partial charge is 0.353 e. The standard InChI is InChI=1S/C19H23N5O4/c1-22(15-10-6-5-9-14(15)19(25)28-2)17-16(24(26)27)18(21-13-20-17)23-11-7-3-4-8-12-23/h5-6,9-10,13H,3-4,7-8,11-12H2,1-2H3. The van der Waals surface area contributed by atoms with E-state index in [0.717, 1.165) is 38.8 Å². The molecule has 1 aromatic carbocycles. The van der Waals surface area contributed by atoms with Crippen LogP contribution in [0.25, 0.3) is 0 Å². The van der Waals surface area contributed by atoms with Crippen molar-refractivity contribution in [1.82, 2.24) is 9.97 Å². The summed E-state index contributed by atoms with van der Waals surface area (Å²) in [5.74, 6) is -0.0678. The second kappa shape index (κ2) is 8.64. The van der Waals surface area contributed by atoms with Crippen LogP contribution in [0.5, 0.6) is 0 Å². The van der Waals surface area contributed by atoms with Gasteiger partial charge in [-0.2, -0.15) is 0 Å². The van der Waals surface area contributed by atoms with Gasteiger partial charge in [-0.15, -0.1) is 0 Å². The Labute approximate surface area is 163 Å². The fraction of sp³-hybridized carbons (Fsp3) is 0.421. The van der Waals surface area contributed by atoms with Gasteiger partial charge in [0.05, 0.1) is 23.3 Å². The summed E-state index contributed by atoms with van der Waals surface area (Å²) in [5.41, 5.74) is 0.612. The normalized spacial score (nSPS) is 14.3. The van der Waals surface area contributed by atoms with E-state index in [-0.39, 0.29) is 11.5 Å². The van der Waals surface area contributed by atoms with Crippen molar-refractivity contribution >= 4 is 29.0 Å². The number of carbonyl (C=O) groups is 1. The van der Waals surface area contributed by atoms with Crippen LogP contribution >= 0.6 is 0 Å². The molecule has 1 aromatic heterocycles. The molecule has 1 fully saturated rings. The summed E-state index contributed by atoms with van der Waals surface area (Å²) in [6, 6.07) is 6.77. The Hall–Kier alpha value is -3.23. The average Bonchev–Trinajstić information content (AvgIpc) is 3.01. The summed E-state index contributed by atoms with van der Waals surface area (Å²) in [4.78, 5) is 35.5. The molecule has 2 aromatic rings. The Morgan fingerprint density at radius 2 is 1.86 bits per heavy atom. The Kier molecular flexibility index (Phi) is 6.03. The summed E-state index contributed by atoms with van der Waals surface area (Å²) < 4.78 is 4.83. The van der Waals surface area contributed by atoms with Crippen LogP contribution in [0.2, 0.25) is 0 Å². The first kappa shape index (κ1) is 19.5. The molecule has 0 bridgehead atoms. The number of anilines is 3. The third kappa shape index (κ3) is 3.88. The highest BCUT2D eigenvalue weighted by Crippen LogP contribution is 2.38. The minimum atomic E-state index is -0.521. The molecule has 0 saturated carbocycles. The summed E-state index contributed by atoms with van der Waals surface area (Å²) >= 11 is 0. The fourth-order valence-electron chi connectivity index (χ4n) is 3.45. The summed E-state index contributed by atoms with van der Waals surface area (Å²) in [5, 5.41) is 12.0. The molecule has 0 atom stereocenters. The molecule has 9 nitrogen and oxygen atoms in total. The predicted octanol–water partition coefficient (Wildman–Crippen LogP) is 3.32. The van der Waals surface area contributed by atoms with E-state index in [2.05, 4.69) is 9.97 Å². The highest BCUT2D eigenvalue weighted by molar-refractivity contribution is 5.97. The predicted molar refractivity (Wildman–Crippen MR) is 105 cm³/mol. The van der Waals surface area contributed by atoms with Crippen LogP contribution in [0.4, 0.5) is 23.0 Å². The van der Waals surface area contributed by atoms with Gasteiger partial charge in [0.2, 0.25) is 11.6 Å². The molecule has 0 amide bonds. The molecule has 9 heteroatoms. The number of nitro groups is 1. The van der Waals surface area contributed by atoms with Crippen molar-refractivity contribution in [2.75, 3.05) is 37.0 Å². The molecule has 2 heterocycles. The molecule has 1 aliphatic heterocycles. The van der Waals surface area contributed by atoms with Crippen LogP contribution in [0, 0.1) is 10.1 Å². The van der Waals surface area contributed by atoms with Gasteiger partial charge in [0.25, 0.3) is 0 Å². The second-order valence-corrected chi connectivity index (χ2v) is 6.60. The van der Waals surface area contributed by atoms with Crippen molar-refractivity contribution in [2.24, 2.45) is 0 Å². The van der Waals surface area contributed by atoms with Crippen LogP contribution in [0.1, 0.15) is 36.0 Å². The Balaban J connectivity index is 2.08. The number of aromatic nitrogens is 2. The number of hydrogen-bond donors (Lipinski definition) is 0. The maximum absolute atomic E-state index is 12.1. The second-order valence-electron chi connectivity index (χ2n) is 6.60. The molecular formula is C19H23N5O4. The zero-order chi connectivity index (χ0) is 20.1. The van der Waals surface area contributed by atoms with E-state index in [4.69, 9.17) is 4.74 Å². The van der Waals surface area contributed by atoms with Crippen LogP contribution in [-0.2, 0) is 4.74 Å². The van der Waals surface area contributed by atoms with Crippen molar-refractivity contribution in [3.05, 3.63) is 46.3 Å². The van der Waals surface area contributed by atoms with Crippen LogP contribution in [0.3, 0.4) is 0 Å². The topological polar surface area (TPSA) is 102 Å². The molecule has 148 valence electrons. The largest absolute Gasteiger partial charge is 0.465 e. The van der Waals surface area contributed by atoms with Gasteiger partial charge in [-0.3, -0.25) is 10.1 Å². The zero-order valence-electron chi connectivity index (χ0n) is 16.0. The SMILES string of the molecule is COC(=O)c1ccccc1N(C)c1ncnc(N2CCCCCC2)c1[N+](=O)[O-]. The van der Waals surface area contributed by atoms with Crippen molar-refractivity contribution in [3.8, 4) is 0 Å². The molecule has 0 aliphatic carbocycles. The molecule has 0 unspecified atom stereocenters. The lowest BCUT2D eigenvalue weighted by molar-refractivity contribution is -0.383. The Bertz CT molecular complexity index is 865. The third-order valence-electron chi connectivity index (χ3n) is 4.86. The zero-order valence-corrected chi connectivity index (χ0v) is 16.0. The van der Waals surface area contributed by atoms with E-state index < -0.39 is 10.9 Å². The summed E-state index contributed by atoms with van der Waals surface area (Å²) in [6.45, 7) is 1.44. The van der Waals surface area contributed by atoms with E-state index in [1.54, 1.807) is 31.3 Å². The van der Waals surface area contributed by atoms with Crippen LogP contribution in [-0.4, -0.2) is 48.1 Å². The molecular weight excluding hydrogens is 362 g/mol. The van der Waals surface area contributed by atoms with Crippen LogP contribution < -0.4 is 9.80 Å². The maximum Gasteiger partial charge on any atom is 0.353 e. The van der Waals surface area contributed by atoms with Gasteiger partial charge < -0.3 is 14.5 Å². The minimum Gasteiger partial charge on any atom is -0.465 e. The molecule has 0 radical (unpaired) electrons. The molecule has 1 aliphatic rings. The number of carbonyl (C=O) groups excluding carboxylic acids is 1. The number of ether oxygens (including phenoxy) is 1. The number of esters is 1. The number of nitrogens with zero attached hydrogens (tertiary/aromatic N) is 5.